The molecular weight excluding hydrogens is 280 g/mol. The molecule has 1 aromatic carbocycles. The molecule has 4 nitrogen and oxygen atoms in total. The van der Waals surface area contributed by atoms with Crippen LogP contribution in [0.4, 0.5) is 8.78 Å². The Morgan fingerprint density at radius 3 is 2.19 bits per heavy atom. The molecule has 0 saturated carbocycles. The second-order valence-electron chi connectivity index (χ2n) is 4.79. The van der Waals surface area contributed by atoms with Gasteiger partial charge < -0.3 is 5.11 Å². The maximum absolute atomic E-state index is 14.2. The van der Waals surface area contributed by atoms with E-state index in [-0.39, 0.29) is 24.2 Å². The third-order valence-corrected chi connectivity index (χ3v) is 3.43. The minimum absolute atomic E-state index is 0.118. The molecule has 1 aliphatic heterocycles. The minimum atomic E-state index is -3.34. The summed E-state index contributed by atoms with van der Waals surface area (Å²) in [6.45, 7) is 2.94. The van der Waals surface area contributed by atoms with Crippen LogP contribution in [-0.2, 0) is 0 Å². The number of alkyl halides is 2. The number of nitrogens with zero attached hydrogens (tertiary/aromatic N) is 1. The lowest BCUT2D eigenvalue weighted by Crippen LogP contribution is -2.49. The van der Waals surface area contributed by atoms with Crippen molar-refractivity contribution in [3.05, 3.63) is 48.0 Å². The maximum atomic E-state index is 14.2. The average molecular weight is 295 g/mol. The van der Waals surface area contributed by atoms with Gasteiger partial charge in [0.15, 0.2) is 0 Å². The predicted molar refractivity (Wildman–Crippen MR) is 72.2 cm³/mol. The van der Waals surface area contributed by atoms with Crippen LogP contribution in [0.25, 0.3) is 0 Å². The van der Waals surface area contributed by atoms with Gasteiger partial charge in [0.05, 0.1) is 11.1 Å². The van der Waals surface area contributed by atoms with Gasteiger partial charge in [0.25, 0.3) is 17.7 Å². The van der Waals surface area contributed by atoms with Gasteiger partial charge in [-0.05, 0) is 18.6 Å². The first kappa shape index (κ1) is 15.3. The van der Waals surface area contributed by atoms with Crippen molar-refractivity contribution in [1.29, 1.82) is 0 Å². The van der Waals surface area contributed by atoms with E-state index in [1.54, 1.807) is 12.1 Å². The summed E-state index contributed by atoms with van der Waals surface area (Å²) in [4.78, 5) is 25.0. The van der Waals surface area contributed by atoms with E-state index in [4.69, 9.17) is 5.11 Å². The number of carbonyl (C=O) groups is 2. The molecule has 2 amide bonds. The van der Waals surface area contributed by atoms with E-state index in [0.29, 0.717) is 4.90 Å². The topological polar surface area (TPSA) is 57.6 Å². The SMILES string of the molecule is C=CC(N1C(=O)c2ccccc2C1=O)C(F)(F)CCCO. The van der Waals surface area contributed by atoms with Crippen LogP contribution in [0.15, 0.2) is 36.9 Å². The quantitative estimate of drug-likeness (QED) is 0.647. The Morgan fingerprint density at radius 1 is 1.24 bits per heavy atom. The van der Waals surface area contributed by atoms with Crippen molar-refractivity contribution in [2.75, 3.05) is 6.61 Å². The lowest BCUT2D eigenvalue weighted by Gasteiger charge is -2.30. The van der Waals surface area contributed by atoms with E-state index in [2.05, 4.69) is 6.58 Å². The van der Waals surface area contributed by atoms with Crippen LogP contribution in [0.2, 0.25) is 0 Å². The zero-order valence-electron chi connectivity index (χ0n) is 11.3. The normalized spacial score (nSPS) is 16.0. The Hall–Kier alpha value is -2.08. The molecule has 0 radical (unpaired) electrons. The first-order valence-corrected chi connectivity index (χ1v) is 6.52. The molecule has 0 bridgehead atoms. The molecule has 1 aromatic rings. The fourth-order valence-corrected chi connectivity index (χ4v) is 2.39. The Bertz CT molecular complexity index is 551. The van der Waals surface area contributed by atoms with Crippen molar-refractivity contribution >= 4 is 11.8 Å². The van der Waals surface area contributed by atoms with Crippen LogP contribution in [0.1, 0.15) is 33.6 Å². The van der Waals surface area contributed by atoms with Crippen LogP contribution >= 0.6 is 0 Å². The molecule has 6 heteroatoms. The monoisotopic (exact) mass is 295 g/mol. The summed E-state index contributed by atoms with van der Waals surface area (Å²) in [6, 6.07) is 4.28. The highest BCUT2D eigenvalue weighted by atomic mass is 19.3. The fraction of sp³-hybridized carbons (Fsp3) is 0.333. The zero-order valence-corrected chi connectivity index (χ0v) is 11.3. The number of hydrogen-bond donors (Lipinski definition) is 1. The van der Waals surface area contributed by atoms with Gasteiger partial charge in [0.2, 0.25) is 0 Å². The lowest BCUT2D eigenvalue weighted by molar-refractivity contribution is -0.0584. The van der Waals surface area contributed by atoms with E-state index < -0.39 is 30.2 Å². The van der Waals surface area contributed by atoms with Gasteiger partial charge in [-0.15, -0.1) is 6.58 Å². The van der Waals surface area contributed by atoms with Gasteiger partial charge in [0.1, 0.15) is 6.04 Å². The number of aliphatic hydroxyl groups is 1. The fourth-order valence-electron chi connectivity index (χ4n) is 2.39. The van der Waals surface area contributed by atoms with Crippen LogP contribution in [0.3, 0.4) is 0 Å². The van der Waals surface area contributed by atoms with E-state index in [1.807, 2.05) is 0 Å². The summed E-state index contributed by atoms with van der Waals surface area (Å²) in [7, 11) is 0. The number of fused-ring (bicyclic) bond motifs is 1. The molecule has 1 aliphatic rings. The first-order valence-electron chi connectivity index (χ1n) is 6.52. The molecule has 0 aliphatic carbocycles. The molecule has 0 spiro atoms. The highest BCUT2D eigenvalue weighted by molar-refractivity contribution is 6.21. The highest BCUT2D eigenvalue weighted by Crippen LogP contribution is 2.34. The number of amides is 2. The smallest absolute Gasteiger partial charge is 0.272 e. The molecule has 21 heavy (non-hydrogen) atoms. The van der Waals surface area contributed by atoms with Gasteiger partial charge in [-0.25, -0.2) is 8.78 Å². The number of imide groups is 1. The van der Waals surface area contributed by atoms with Crippen molar-refractivity contribution in [2.24, 2.45) is 0 Å². The number of carbonyl (C=O) groups excluding carboxylic acids is 2. The molecule has 1 heterocycles. The van der Waals surface area contributed by atoms with Crippen molar-refractivity contribution < 1.29 is 23.5 Å². The number of hydrogen-bond acceptors (Lipinski definition) is 3. The Morgan fingerprint density at radius 2 is 1.76 bits per heavy atom. The van der Waals surface area contributed by atoms with Crippen molar-refractivity contribution in [3.63, 3.8) is 0 Å². The van der Waals surface area contributed by atoms with Crippen LogP contribution in [0, 0.1) is 0 Å². The number of aliphatic hydroxyl groups excluding tert-OH is 1. The molecule has 0 fully saturated rings. The zero-order chi connectivity index (χ0) is 15.6. The predicted octanol–water partition coefficient (Wildman–Crippen LogP) is 2.25. The van der Waals surface area contributed by atoms with Gasteiger partial charge in [-0.1, -0.05) is 18.2 Å². The third kappa shape index (κ3) is 2.58. The Labute approximate surface area is 120 Å². The van der Waals surface area contributed by atoms with E-state index in [9.17, 15) is 18.4 Å². The number of benzene rings is 1. The van der Waals surface area contributed by atoms with Crippen molar-refractivity contribution in [2.45, 2.75) is 24.8 Å². The standard InChI is InChI=1S/C15H15F2NO3/c1-2-12(15(16,17)8-5-9-19)18-13(20)10-6-3-4-7-11(10)14(18)21/h2-4,6-7,12,19H,1,5,8-9H2. The summed E-state index contributed by atoms with van der Waals surface area (Å²) in [5.41, 5.74) is 0.236. The third-order valence-electron chi connectivity index (χ3n) is 3.43. The Kier molecular flexibility index (Phi) is 4.18. The number of rotatable bonds is 6. The summed E-state index contributed by atoms with van der Waals surface area (Å²) >= 11 is 0. The average Bonchev–Trinajstić information content (AvgIpc) is 2.71. The highest BCUT2D eigenvalue weighted by Gasteiger charge is 2.49. The van der Waals surface area contributed by atoms with Crippen molar-refractivity contribution in [3.8, 4) is 0 Å². The largest absolute Gasteiger partial charge is 0.396 e. The second-order valence-corrected chi connectivity index (χ2v) is 4.79. The second kappa shape index (κ2) is 5.73. The molecular formula is C15H15F2NO3. The molecule has 1 unspecified atom stereocenters. The van der Waals surface area contributed by atoms with E-state index in [1.165, 1.54) is 12.1 Å². The first-order chi connectivity index (χ1) is 9.94. The molecule has 0 aromatic heterocycles. The summed E-state index contributed by atoms with van der Waals surface area (Å²) in [5.74, 6) is -4.83. The van der Waals surface area contributed by atoms with Crippen molar-refractivity contribution in [1.82, 2.24) is 4.90 Å². The summed E-state index contributed by atoms with van der Waals surface area (Å²) < 4.78 is 28.3. The molecule has 2 rings (SSSR count). The minimum Gasteiger partial charge on any atom is -0.396 e. The number of halogens is 2. The molecule has 1 atom stereocenters. The maximum Gasteiger partial charge on any atom is 0.272 e. The summed E-state index contributed by atoms with van der Waals surface area (Å²) in [6.07, 6.45) is 0.146. The van der Waals surface area contributed by atoms with Crippen LogP contribution < -0.4 is 0 Å². The van der Waals surface area contributed by atoms with Gasteiger partial charge in [-0.2, -0.15) is 0 Å². The van der Waals surface area contributed by atoms with Crippen LogP contribution in [-0.4, -0.2) is 40.4 Å². The molecule has 0 saturated heterocycles. The molecule has 112 valence electrons. The van der Waals surface area contributed by atoms with Gasteiger partial charge >= 0.3 is 0 Å². The van der Waals surface area contributed by atoms with E-state index >= 15 is 0 Å². The summed E-state index contributed by atoms with van der Waals surface area (Å²) in [5, 5.41) is 8.69. The molecule has 1 N–H and O–H groups in total. The van der Waals surface area contributed by atoms with Gasteiger partial charge in [0, 0.05) is 13.0 Å². The Balaban J connectivity index is 2.35. The van der Waals surface area contributed by atoms with Gasteiger partial charge in [-0.3, -0.25) is 14.5 Å². The van der Waals surface area contributed by atoms with E-state index in [0.717, 1.165) is 6.08 Å². The van der Waals surface area contributed by atoms with Crippen LogP contribution in [0.5, 0.6) is 0 Å². The lowest BCUT2D eigenvalue weighted by atomic mass is 10.0.